The molecule has 1 heterocycles. The van der Waals surface area contributed by atoms with Crippen molar-refractivity contribution in [3.63, 3.8) is 0 Å². The second-order valence-electron chi connectivity index (χ2n) is 6.00. The zero-order chi connectivity index (χ0) is 16.0. The smallest absolute Gasteiger partial charge is 0.411 e. The van der Waals surface area contributed by atoms with E-state index in [0.29, 0.717) is 19.4 Å². The molecule has 1 saturated heterocycles. The van der Waals surface area contributed by atoms with Crippen LogP contribution in [0, 0.1) is 0 Å². The summed E-state index contributed by atoms with van der Waals surface area (Å²) in [5.74, 6) is -1.42. The predicted molar refractivity (Wildman–Crippen MR) is 73.8 cm³/mol. The number of carbonyl (C=O) groups excluding carboxylic acids is 2. The van der Waals surface area contributed by atoms with Gasteiger partial charge in [-0.15, -0.1) is 0 Å². The van der Waals surface area contributed by atoms with Gasteiger partial charge >= 0.3 is 18.0 Å². The molecular weight excluding hydrogens is 278 g/mol. The Balaban J connectivity index is 2.46. The average molecular weight is 301 g/mol. The first kappa shape index (κ1) is 17.3. The van der Waals surface area contributed by atoms with Crippen LogP contribution in [-0.4, -0.2) is 52.8 Å². The molecule has 0 aromatic carbocycles. The minimum absolute atomic E-state index is 0.0454. The first-order valence-corrected chi connectivity index (χ1v) is 7.09. The third kappa shape index (κ3) is 6.01. The van der Waals surface area contributed by atoms with Crippen molar-refractivity contribution in [3.05, 3.63) is 0 Å². The van der Waals surface area contributed by atoms with Gasteiger partial charge in [0.1, 0.15) is 11.6 Å². The van der Waals surface area contributed by atoms with Crippen LogP contribution in [0.4, 0.5) is 4.79 Å². The predicted octanol–water partition coefficient (Wildman–Crippen LogP) is 1.79. The number of aliphatic carboxylic acids is 1. The fourth-order valence-electron chi connectivity index (χ4n) is 2.04. The van der Waals surface area contributed by atoms with Gasteiger partial charge in [0.25, 0.3) is 0 Å². The van der Waals surface area contributed by atoms with Crippen LogP contribution in [0.15, 0.2) is 0 Å². The Morgan fingerprint density at radius 3 is 2.52 bits per heavy atom. The molecule has 0 radical (unpaired) electrons. The van der Waals surface area contributed by atoms with E-state index < -0.39 is 29.7 Å². The number of carbonyl (C=O) groups is 3. The molecule has 0 unspecified atom stereocenters. The number of amides is 1. The minimum Gasteiger partial charge on any atom is -0.481 e. The quantitative estimate of drug-likeness (QED) is 0.614. The van der Waals surface area contributed by atoms with Crippen molar-refractivity contribution in [1.29, 1.82) is 0 Å². The zero-order valence-electron chi connectivity index (χ0n) is 12.8. The number of hydrogen-bond donors (Lipinski definition) is 1. The Kier molecular flexibility index (Phi) is 5.99. The lowest BCUT2D eigenvalue weighted by molar-refractivity contribution is -0.150. The summed E-state index contributed by atoms with van der Waals surface area (Å²) in [4.78, 5) is 35.7. The molecule has 1 aliphatic heterocycles. The van der Waals surface area contributed by atoms with Crippen molar-refractivity contribution in [2.45, 2.75) is 58.1 Å². The maximum absolute atomic E-state index is 12.0. The Labute approximate surface area is 124 Å². The van der Waals surface area contributed by atoms with Crippen LogP contribution >= 0.6 is 0 Å². The van der Waals surface area contributed by atoms with Crippen LogP contribution < -0.4 is 0 Å². The highest BCUT2D eigenvalue weighted by molar-refractivity contribution is 5.82. The summed E-state index contributed by atoms with van der Waals surface area (Å²) in [7, 11) is 0. The van der Waals surface area contributed by atoms with Gasteiger partial charge in [-0.1, -0.05) is 0 Å². The summed E-state index contributed by atoms with van der Waals surface area (Å²) >= 11 is 0. The molecule has 21 heavy (non-hydrogen) atoms. The normalized spacial score (nSPS) is 18.4. The van der Waals surface area contributed by atoms with E-state index in [4.69, 9.17) is 14.6 Å². The fourth-order valence-corrected chi connectivity index (χ4v) is 2.04. The summed E-state index contributed by atoms with van der Waals surface area (Å²) in [6.07, 6.45) is 0.950. The number of hydrogen-bond acceptors (Lipinski definition) is 5. The number of carboxylic acid groups (broad SMARTS) is 1. The monoisotopic (exact) mass is 301 g/mol. The number of carboxylic acids is 1. The van der Waals surface area contributed by atoms with Crippen LogP contribution in [0.1, 0.15) is 46.5 Å². The molecule has 0 aromatic rings. The van der Waals surface area contributed by atoms with Gasteiger partial charge in [0.2, 0.25) is 0 Å². The van der Waals surface area contributed by atoms with Gasteiger partial charge in [0, 0.05) is 13.0 Å². The first-order valence-electron chi connectivity index (χ1n) is 7.09. The summed E-state index contributed by atoms with van der Waals surface area (Å²) in [5.41, 5.74) is -0.615. The highest BCUT2D eigenvalue weighted by Gasteiger charge is 2.37. The highest BCUT2D eigenvalue weighted by Crippen LogP contribution is 2.21. The minimum atomic E-state index is -0.928. The number of rotatable bonds is 5. The van der Waals surface area contributed by atoms with Gasteiger partial charge in [0.05, 0.1) is 6.61 Å². The van der Waals surface area contributed by atoms with E-state index in [1.807, 2.05) is 0 Å². The summed E-state index contributed by atoms with van der Waals surface area (Å²) < 4.78 is 10.3. The van der Waals surface area contributed by atoms with Gasteiger partial charge in [-0.25, -0.2) is 9.59 Å². The summed E-state index contributed by atoms with van der Waals surface area (Å²) in [5, 5.41) is 8.50. The average Bonchev–Trinajstić information content (AvgIpc) is 2.81. The largest absolute Gasteiger partial charge is 0.481 e. The van der Waals surface area contributed by atoms with Crippen molar-refractivity contribution < 1.29 is 29.0 Å². The third-order valence-corrected chi connectivity index (χ3v) is 2.93. The topological polar surface area (TPSA) is 93.1 Å². The Hall–Kier alpha value is -1.79. The van der Waals surface area contributed by atoms with Crippen LogP contribution in [0.5, 0.6) is 0 Å². The molecule has 0 saturated carbocycles. The fraction of sp³-hybridized carbons (Fsp3) is 0.786. The molecule has 1 atom stereocenters. The van der Waals surface area contributed by atoms with Crippen molar-refractivity contribution >= 4 is 18.0 Å². The zero-order valence-corrected chi connectivity index (χ0v) is 12.8. The molecular formula is C14H23NO6. The lowest BCUT2D eigenvalue weighted by Gasteiger charge is -2.27. The first-order chi connectivity index (χ1) is 9.70. The van der Waals surface area contributed by atoms with Gasteiger partial charge < -0.3 is 14.6 Å². The molecule has 1 rings (SSSR count). The number of nitrogens with zero attached hydrogens (tertiary/aromatic N) is 1. The van der Waals surface area contributed by atoms with Crippen LogP contribution in [0.2, 0.25) is 0 Å². The van der Waals surface area contributed by atoms with Crippen molar-refractivity contribution in [2.24, 2.45) is 0 Å². The molecule has 120 valence electrons. The summed E-state index contributed by atoms with van der Waals surface area (Å²) in [6.45, 7) is 5.80. The van der Waals surface area contributed by atoms with Crippen molar-refractivity contribution in [3.8, 4) is 0 Å². The van der Waals surface area contributed by atoms with Gasteiger partial charge in [-0.05, 0) is 40.0 Å². The van der Waals surface area contributed by atoms with E-state index >= 15 is 0 Å². The molecule has 7 heteroatoms. The molecule has 1 amide bonds. The molecule has 0 bridgehead atoms. The molecule has 1 fully saturated rings. The molecule has 0 aliphatic carbocycles. The Bertz CT molecular complexity index is 401. The number of esters is 1. The Morgan fingerprint density at radius 2 is 1.95 bits per heavy atom. The van der Waals surface area contributed by atoms with Crippen LogP contribution in [-0.2, 0) is 19.1 Å². The second kappa shape index (κ2) is 7.28. The third-order valence-electron chi connectivity index (χ3n) is 2.93. The molecule has 0 aromatic heterocycles. The maximum atomic E-state index is 12.0. The van der Waals surface area contributed by atoms with E-state index in [0.717, 1.165) is 0 Å². The number of ether oxygens (including phenoxy) is 2. The molecule has 1 aliphatic rings. The van der Waals surface area contributed by atoms with Gasteiger partial charge in [-0.3, -0.25) is 9.69 Å². The lowest BCUT2D eigenvalue weighted by atomic mass is 10.2. The maximum Gasteiger partial charge on any atom is 0.411 e. The molecule has 0 spiro atoms. The van der Waals surface area contributed by atoms with E-state index in [2.05, 4.69) is 0 Å². The van der Waals surface area contributed by atoms with Crippen molar-refractivity contribution in [2.75, 3.05) is 13.2 Å². The van der Waals surface area contributed by atoms with Crippen LogP contribution in [0.25, 0.3) is 0 Å². The van der Waals surface area contributed by atoms with E-state index in [9.17, 15) is 14.4 Å². The highest BCUT2D eigenvalue weighted by atomic mass is 16.6. The van der Waals surface area contributed by atoms with E-state index in [1.165, 1.54) is 4.90 Å². The van der Waals surface area contributed by atoms with Crippen LogP contribution in [0.3, 0.4) is 0 Å². The Morgan fingerprint density at radius 1 is 1.29 bits per heavy atom. The van der Waals surface area contributed by atoms with Crippen molar-refractivity contribution in [1.82, 2.24) is 4.90 Å². The SMILES string of the molecule is CC(C)(C)OC(=O)N1CCC[C@H]1C(=O)OCCCC(=O)O. The van der Waals surface area contributed by atoms with E-state index in [1.54, 1.807) is 20.8 Å². The van der Waals surface area contributed by atoms with Gasteiger partial charge in [-0.2, -0.15) is 0 Å². The lowest BCUT2D eigenvalue weighted by Crippen LogP contribution is -2.44. The number of likely N-dealkylation sites (tertiary alicyclic amines) is 1. The van der Waals surface area contributed by atoms with E-state index in [-0.39, 0.29) is 19.4 Å². The molecule has 7 nitrogen and oxygen atoms in total. The standard InChI is InChI=1S/C14H23NO6/c1-14(2,3)21-13(19)15-8-4-6-10(15)12(18)20-9-5-7-11(16)17/h10H,4-9H2,1-3H3,(H,16,17)/t10-/m0/s1. The summed E-state index contributed by atoms with van der Waals surface area (Å²) in [6, 6.07) is -0.635. The second-order valence-corrected chi connectivity index (χ2v) is 6.00. The van der Waals surface area contributed by atoms with Gasteiger partial charge in [0.15, 0.2) is 0 Å². The molecule has 1 N–H and O–H groups in total.